The molecule has 0 bridgehead atoms. The number of amides is 1. The van der Waals surface area contributed by atoms with E-state index >= 15 is 0 Å². The molecule has 1 aromatic carbocycles. The summed E-state index contributed by atoms with van der Waals surface area (Å²) in [5.41, 5.74) is 0.689. The third kappa shape index (κ3) is 4.40. The molecule has 27 heavy (non-hydrogen) atoms. The minimum atomic E-state index is -3.65. The van der Waals surface area contributed by atoms with Crippen molar-refractivity contribution in [1.82, 2.24) is 4.90 Å². The Balaban J connectivity index is 2.00. The Hall–Kier alpha value is -1.74. The maximum Gasteiger partial charge on any atom is 0.264 e. The Kier molecular flexibility index (Phi) is 5.45. The third-order valence-electron chi connectivity index (χ3n) is 4.40. The van der Waals surface area contributed by atoms with E-state index in [1.54, 1.807) is 29.2 Å². The van der Waals surface area contributed by atoms with Gasteiger partial charge in [0.05, 0.1) is 18.9 Å². The van der Waals surface area contributed by atoms with Gasteiger partial charge in [-0.05, 0) is 49.9 Å². The fourth-order valence-electron chi connectivity index (χ4n) is 3.30. The SMILES string of the molecule is Cc1csc([C@H]2OC(C)(C)N(C(=O)c3ccccc3)[C@H]2COS(C)(=O)=O)c1. The van der Waals surface area contributed by atoms with Crippen LogP contribution in [0, 0.1) is 6.92 Å². The standard InChI is InChI=1S/C19H23NO5S2/c1-13-10-16(26-12-13)17-15(11-24-27(4,22)23)20(19(2,3)25-17)18(21)14-8-6-5-7-9-14/h5-10,12,15,17H,11H2,1-4H3/t15-,17-/m0/s1. The average Bonchev–Trinajstić information content (AvgIpc) is 3.13. The molecular formula is C19H23NO5S2. The number of carbonyl (C=O) groups is 1. The predicted octanol–water partition coefficient (Wildman–Crippen LogP) is 3.35. The molecule has 1 fully saturated rings. The van der Waals surface area contributed by atoms with Crippen LogP contribution in [0.4, 0.5) is 0 Å². The van der Waals surface area contributed by atoms with Gasteiger partial charge < -0.3 is 9.64 Å². The van der Waals surface area contributed by atoms with E-state index in [1.807, 2.05) is 38.3 Å². The molecule has 0 N–H and O–H groups in total. The molecular weight excluding hydrogens is 386 g/mol. The van der Waals surface area contributed by atoms with Crippen molar-refractivity contribution in [3.63, 3.8) is 0 Å². The summed E-state index contributed by atoms with van der Waals surface area (Å²) in [6.07, 6.45) is 0.537. The first-order valence-electron chi connectivity index (χ1n) is 8.54. The van der Waals surface area contributed by atoms with E-state index < -0.39 is 28.0 Å². The van der Waals surface area contributed by atoms with Crippen LogP contribution in [0.3, 0.4) is 0 Å². The first kappa shape index (κ1) is 20.0. The van der Waals surface area contributed by atoms with Crippen LogP contribution in [-0.2, 0) is 19.0 Å². The normalized spacial score (nSPS) is 22.1. The molecule has 0 spiro atoms. The highest BCUT2D eigenvalue weighted by molar-refractivity contribution is 7.85. The second-order valence-electron chi connectivity index (χ2n) is 7.11. The molecule has 6 nitrogen and oxygen atoms in total. The summed E-state index contributed by atoms with van der Waals surface area (Å²) < 4.78 is 34.5. The number of ether oxygens (including phenoxy) is 1. The number of hydrogen-bond donors (Lipinski definition) is 0. The lowest BCUT2D eigenvalue weighted by Gasteiger charge is -2.33. The first-order valence-corrected chi connectivity index (χ1v) is 11.2. The van der Waals surface area contributed by atoms with Crippen molar-refractivity contribution in [1.29, 1.82) is 0 Å². The summed E-state index contributed by atoms with van der Waals surface area (Å²) >= 11 is 1.53. The largest absolute Gasteiger partial charge is 0.345 e. The molecule has 1 amide bonds. The number of carbonyl (C=O) groups excluding carboxylic acids is 1. The Labute approximate surface area is 163 Å². The second kappa shape index (κ2) is 7.35. The second-order valence-corrected chi connectivity index (χ2v) is 9.70. The summed E-state index contributed by atoms with van der Waals surface area (Å²) in [5, 5.41) is 2.00. The highest BCUT2D eigenvalue weighted by Gasteiger charge is 2.51. The van der Waals surface area contributed by atoms with Gasteiger partial charge in [0.25, 0.3) is 16.0 Å². The van der Waals surface area contributed by atoms with Crippen LogP contribution in [0.25, 0.3) is 0 Å². The zero-order chi connectivity index (χ0) is 19.8. The van der Waals surface area contributed by atoms with Gasteiger partial charge in [0.2, 0.25) is 0 Å². The number of benzene rings is 1. The molecule has 8 heteroatoms. The van der Waals surface area contributed by atoms with Crippen molar-refractivity contribution in [3.8, 4) is 0 Å². The van der Waals surface area contributed by atoms with E-state index in [1.165, 1.54) is 11.3 Å². The predicted molar refractivity (Wildman–Crippen MR) is 104 cm³/mol. The van der Waals surface area contributed by atoms with Gasteiger partial charge in [0, 0.05) is 10.4 Å². The lowest BCUT2D eigenvalue weighted by molar-refractivity contribution is -0.0646. The molecule has 146 valence electrons. The summed E-state index contributed by atoms with van der Waals surface area (Å²) in [6.45, 7) is 5.43. The fraction of sp³-hybridized carbons (Fsp3) is 0.421. The summed E-state index contributed by atoms with van der Waals surface area (Å²) in [7, 11) is -3.65. The smallest absolute Gasteiger partial charge is 0.264 e. The van der Waals surface area contributed by atoms with Crippen molar-refractivity contribution < 1.29 is 22.1 Å². The van der Waals surface area contributed by atoms with Crippen molar-refractivity contribution in [2.45, 2.75) is 38.6 Å². The van der Waals surface area contributed by atoms with E-state index in [0.717, 1.165) is 16.7 Å². The molecule has 1 saturated heterocycles. The van der Waals surface area contributed by atoms with Crippen LogP contribution in [0.5, 0.6) is 0 Å². The minimum Gasteiger partial charge on any atom is -0.345 e. The molecule has 2 aromatic rings. The average molecular weight is 410 g/mol. The molecule has 0 unspecified atom stereocenters. The van der Waals surface area contributed by atoms with Crippen molar-refractivity contribution in [2.24, 2.45) is 0 Å². The molecule has 2 heterocycles. The molecule has 0 aliphatic carbocycles. The highest BCUT2D eigenvalue weighted by atomic mass is 32.2. The first-order chi connectivity index (χ1) is 12.6. The molecule has 1 aromatic heterocycles. The lowest BCUT2D eigenvalue weighted by Crippen LogP contribution is -2.49. The highest BCUT2D eigenvalue weighted by Crippen LogP contribution is 2.43. The maximum atomic E-state index is 13.2. The Morgan fingerprint density at radius 3 is 2.52 bits per heavy atom. The van der Waals surface area contributed by atoms with Crippen LogP contribution in [0.15, 0.2) is 41.8 Å². The van der Waals surface area contributed by atoms with E-state index in [4.69, 9.17) is 8.92 Å². The topological polar surface area (TPSA) is 72.9 Å². The fourth-order valence-corrected chi connectivity index (χ4v) is 4.67. The minimum absolute atomic E-state index is 0.164. The van der Waals surface area contributed by atoms with E-state index in [2.05, 4.69) is 0 Å². The van der Waals surface area contributed by atoms with Gasteiger partial charge in [-0.25, -0.2) is 0 Å². The van der Waals surface area contributed by atoms with Gasteiger partial charge in [-0.2, -0.15) is 8.42 Å². The Bertz CT molecular complexity index is 921. The van der Waals surface area contributed by atoms with E-state index in [9.17, 15) is 13.2 Å². The summed E-state index contributed by atoms with van der Waals surface area (Å²) in [4.78, 5) is 15.8. The molecule has 2 atom stereocenters. The monoisotopic (exact) mass is 409 g/mol. The maximum absolute atomic E-state index is 13.2. The van der Waals surface area contributed by atoms with Crippen LogP contribution < -0.4 is 0 Å². The third-order valence-corrected chi connectivity index (χ3v) is 6.08. The summed E-state index contributed by atoms with van der Waals surface area (Å²) in [6, 6.07) is 10.3. The number of aryl methyl sites for hydroxylation is 1. The van der Waals surface area contributed by atoms with Crippen LogP contribution >= 0.6 is 11.3 Å². The molecule has 0 radical (unpaired) electrons. The Morgan fingerprint density at radius 1 is 1.30 bits per heavy atom. The Morgan fingerprint density at radius 2 is 1.96 bits per heavy atom. The number of nitrogens with zero attached hydrogens (tertiary/aromatic N) is 1. The zero-order valence-corrected chi connectivity index (χ0v) is 17.3. The molecule has 3 rings (SSSR count). The van der Waals surface area contributed by atoms with Gasteiger partial charge in [-0.15, -0.1) is 11.3 Å². The number of hydrogen-bond acceptors (Lipinski definition) is 6. The quantitative estimate of drug-likeness (QED) is 0.708. The lowest BCUT2D eigenvalue weighted by atomic mass is 10.1. The van der Waals surface area contributed by atoms with Crippen LogP contribution in [0.1, 0.15) is 40.8 Å². The number of rotatable bonds is 5. The van der Waals surface area contributed by atoms with Crippen molar-refractivity contribution >= 4 is 27.4 Å². The van der Waals surface area contributed by atoms with Gasteiger partial charge in [-0.1, -0.05) is 18.2 Å². The van der Waals surface area contributed by atoms with Gasteiger partial charge in [-0.3, -0.25) is 8.98 Å². The van der Waals surface area contributed by atoms with Gasteiger partial charge >= 0.3 is 0 Å². The molecule has 1 aliphatic heterocycles. The van der Waals surface area contributed by atoms with E-state index in [0.29, 0.717) is 5.56 Å². The van der Waals surface area contributed by atoms with Crippen LogP contribution in [0.2, 0.25) is 0 Å². The van der Waals surface area contributed by atoms with Crippen LogP contribution in [-0.4, -0.2) is 43.9 Å². The zero-order valence-electron chi connectivity index (χ0n) is 15.7. The van der Waals surface area contributed by atoms with E-state index in [-0.39, 0.29) is 12.5 Å². The van der Waals surface area contributed by atoms with Gasteiger partial charge in [0.1, 0.15) is 11.8 Å². The van der Waals surface area contributed by atoms with Crippen molar-refractivity contribution in [3.05, 3.63) is 57.8 Å². The summed E-state index contributed by atoms with van der Waals surface area (Å²) in [5.74, 6) is -0.224. The van der Waals surface area contributed by atoms with Crippen molar-refractivity contribution in [2.75, 3.05) is 12.9 Å². The van der Waals surface area contributed by atoms with Gasteiger partial charge in [0.15, 0.2) is 0 Å². The molecule has 1 aliphatic rings. The molecule has 0 saturated carbocycles. The number of thiophene rings is 1.